The Bertz CT molecular complexity index is 616. The quantitative estimate of drug-likeness (QED) is 0.662. The van der Waals surface area contributed by atoms with Gasteiger partial charge in [-0.2, -0.15) is 11.8 Å². The summed E-state index contributed by atoms with van der Waals surface area (Å²) in [6.45, 7) is 5.97. The molecule has 1 unspecified atom stereocenters. The first-order valence-electron chi connectivity index (χ1n) is 9.17. The number of anilines is 1. The number of nitrogens with zero attached hydrogens (tertiary/aromatic N) is 3. The van der Waals surface area contributed by atoms with Crippen LogP contribution in [0.25, 0.3) is 0 Å². The van der Waals surface area contributed by atoms with Crippen molar-refractivity contribution in [3.8, 4) is 0 Å². The Morgan fingerprint density at radius 3 is 2.76 bits per heavy atom. The first kappa shape index (κ1) is 18.1. The van der Waals surface area contributed by atoms with Crippen LogP contribution in [-0.4, -0.2) is 54.5 Å². The highest BCUT2D eigenvalue weighted by molar-refractivity contribution is 8.00. The van der Waals surface area contributed by atoms with E-state index in [2.05, 4.69) is 46.0 Å². The molecule has 2 heterocycles. The fourth-order valence-corrected chi connectivity index (χ4v) is 4.57. The molecule has 0 bridgehead atoms. The van der Waals surface area contributed by atoms with Gasteiger partial charge < -0.3 is 15.1 Å². The molecule has 0 spiro atoms. The molecular weight excluding hydrogens is 332 g/mol. The second-order valence-electron chi connectivity index (χ2n) is 6.56. The summed E-state index contributed by atoms with van der Waals surface area (Å²) in [7, 11) is 1.85. The molecule has 2 saturated heterocycles. The summed E-state index contributed by atoms with van der Waals surface area (Å²) in [5, 5.41) is 4.18. The van der Waals surface area contributed by atoms with Gasteiger partial charge in [0.1, 0.15) is 0 Å². The van der Waals surface area contributed by atoms with Gasteiger partial charge in [0, 0.05) is 56.3 Å². The lowest BCUT2D eigenvalue weighted by molar-refractivity contribution is -0.117. The van der Waals surface area contributed by atoms with E-state index in [9.17, 15) is 4.79 Å². The van der Waals surface area contributed by atoms with Gasteiger partial charge in [-0.05, 0) is 30.5 Å². The fourth-order valence-electron chi connectivity index (χ4n) is 3.39. The number of hydrogen-bond donors (Lipinski definition) is 1. The number of rotatable bonds is 4. The van der Waals surface area contributed by atoms with Crippen molar-refractivity contribution in [2.75, 3.05) is 37.3 Å². The van der Waals surface area contributed by atoms with Crippen LogP contribution < -0.4 is 10.2 Å². The van der Waals surface area contributed by atoms with Gasteiger partial charge in [0.15, 0.2) is 5.96 Å². The van der Waals surface area contributed by atoms with Crippen molar-refractivity contribution in [2.45, 2.75) is 38.0 Å². The molecule has 1 amide bonds. The smallest absolute Gasteiger partial charge is 0.227 e. The highest BCUT2D eigenvalue weighted by atomic mass is 32.2. The SMILES string of the molecule is CCC1CN(C(=NC)NCc2ccc(N3CCCC3=O)cc2)CCS1. The maximum atomic E-state index is 11.8. The van der Waals surface area contributed by atoms with E-state index >= 15 is 0 Å². The average Bonchev–Trinajstić information content (AvgIpc) is 3.09. The van der Waals surface area contributed by atoms with E-state index in [-0.39, 0.29) is 5.91 Å². The topological polar surface area (TPSA) is 47.9 Å². The maximum absolute atomic E-state index is 11.8. The van der Waals surface area contributed by atoms with Gasteiger partial charge in [-0.15, -0.1) is 0 Å². The second-order valence-corrected chi connectivity index (χ2v) is 7.97. The third kappa shape index (κ3) is 4.48. The number of carbonyl (C=O) groups is 1. The number of thioether (sulfide) groups is 1. The summed E-state index contributed by atoms with van der Waals surface area (Å²) < 4.78 is 0. The molecule has 1 atom stereocenters. The molecule has 25 heavy (non-hydrogen) atoms. The molecule has 5 nitrogen and oxygen atoms in total. The van der Waals surface area contributed by atoms with Gasteiger partial charge in [-0.3, -0.25) is 9.79 Å². The fraction of sp³-hybridized carbons (Fsp3) is 0.579. The zero-order chi connectivity index (χ0) is 17.6. The normalized spacial score (nSPS) is 21.8. The van der Waals surface area contributed by atoms with E-state index in [1.807, 2.05) is 24.1 Å². The summed E-state index contributed by atoms with van der Waals surface area (Å²) in [5.74, 6) is 2.38. The Morgan fingerprint density at radius 1 is 1.32 bits per heavy atom. The zero-order valence-corrected chi connectivity index (χ0v) is 16.0. The molecule has 1 aromatic carbocycles. The van der Waals surface area contributed by atoms with Crippen molar-refractivity contribution >= 4 is 29.3 Å². The third-order valence-corrected chi connectivity index (χ3v) is 6.25. The Hall–Kier alpha value is -1.69. The molecule has 0 saturated carbocycles. The maximum Gasteiger partial charge on any atom is 0.227 e. The molecule has 6 heteroatoms. The van der Waals surface area contributed by atoms with Crippen molar-refractivity contribution in [3.05, 3.63) is 29.8 Å². The lowest BCUT2D eigenvalue weighted by Gasteiger charge is -2.34. The Morgan fingerprint density at radius 2 is 2.12 bits per heavy atom. The molecule has 2 aliphatic heterocycles. The minimum atomic E-state index is 0.236. The molecule has 1 N–H and O–H groups in total. The Labute approximate surface area is 154 Å². The predicted molar refractivity (Wildman–Crippen MR) is 106 cm³/mol. The van der Waals surface area contributed by atoms with Gasteiger partial charge in [0.05, 0.1) is 0 Å². The number of carbonyl (C=O) groups excluding carboxylic acids is 1. The molecule has 0 aromatic heterocycles. The highest BCUT2D eigenvalue weighted by Gasteiger charge is 2.22. The van der Waals surface area contributed by atoms with E-state index in [0.29, 0.717) is 11.7 Å². The van der Waals surface area contributed by atoms with Gasteiger partial charge in [0.25, 0.3) is 0 Å². The van der Waals surface area contributed by atoms with Crippen LogP contribution in [0.1, 0.15) is 31.7 Å². The first-order valence-corrected chi connectivity index (χ1v) is 10.2. The van der Waals surface area contributed by atoms with Crippen LogP contribution >= 0.6 is 11.8 Å². The summed E-state index contributed by atoms with van der Waals surface area (Å²) in [6.07, 6.45) is 2.84. The summed E-state index contributed by atoms with van der Waals surface area (Å²) in [6, 6.07) is 8.30. The van der Waals surface area contributed by atoms with Crippen LogP contribution in [0, 0.1) is 0 Å². The van der Waals surface area contributed by atoms with Crippen molar-refractivity contribution in [2.24, 2.45) is 4.99 Å². The van der Waals surface area contributed by atoms with Crippen molar-refractivity contribution in [1.29, 1.82) is 0 Å². The summed E-state index contributed by atoms with van der Waals surface area (Å²) in [5.41, 5.74) is 2.21. The number of guanidine groups is 1. The zero-order valence-electron chi connectivity index (χ0n) is 15.2. The molecule has 2 fully saturated rings. The van der Waals surface area contributed by atoms with Crippen LogP contribution in [0.3, 0.4) is 0 Å². The minimum absolute atomic E-state index is 0.236. The second kappa shape index (κ2) is 8.61. The summed E-state index contributed by atoms with van der Waals surface area (Å²) >= 11 is 2.07. The van der Waals surface area contributed by atoms with Gasteiger partial charge in [-0.25, -0.2) is 0 Å². The number of nitrogens with one attached hydrogen (secondary N) is 1. The lowest BCUT2D eigenvalue weighted by Crippen LogP contribution is -2.47. The monoisotopic (exact) mass is 360 g/mol. The number of aliphatic imine (C=N–C) groups is 1. The molecule has 136 valence electrons. The molecule has 3 rings (SSSR count). The predicted octanol–water partition coefficient (Wildman–Crippen LogP) is 2.72. The molecule has 0 aliphatic carbocycles. The molecule has 2 aliphatic rings. The van der Waals surface area contributed by atoms with E-state index in [1.165, 1.54) is 12.0 Å². The Balaban J connectivity index is 1.56. The Kier molecular flexibility index (Phi) is 6.24. The molecule has 1 aromatic rings. The van der Waals surface area contributed by atoms with Crippen LogP contribution in [-0.2, 0) is 11.3 Å². The van der Waals surface area contributed by atoms with Crippen LogP contribution in [0.4, 0.5) is 5.69 Å². The van der Waals surface area contributed by atoms with Crippen molar-refractivity contribution in [1.82, 2.24) is 10.2 Å². The van der Waals surface area contributed by atoms with E-state index in [0.717, 1.165) is 50.0 Å². The lowest BCUT2D eigenvalue weighted by atomic mass is 10.2. The van der Waals surface area contributed by atoms with Crippen LogP contribution in [0.15, 0.2) is 29.3 Å². The van der Waals surface area contributed by atoms with E-state index < -0.39 is 0 Å². The standard InChI is InChI=1S/C19H28N4OS/c1-3-17-14-22(11-12-25-17)19(20-2)21-13-15-6-8-16(9-7-15)23-10-4-5-18(23)24/h6-9,17H,3-5,10-14H2,1-2H3,(H,20,21). The van der Waals surface area contributed by atoms with Crippen LogP contribution in [0.2, 0.25) is 0 Å². The van der Waals surface area contributed by atoms with Crippen molar-refractivity contribution < 1.29 is 4.79 Å². The van der Waals surface area contributed by atoms with Gasteiger partial charge in [0.2, 0.25) is 5.91 Å². The van der Waals surface area contributed by atoms with Gasteiger partial charge >= 0.3 is 0 Å². The molecule has 0 radical (unpaired) electrons. The minimum Gasteiger partial charge on any atom is -0.352 e. The summed E-state index contributed by atoms with van der Waals surface area (Å²) in [4.78, 5) is 20.5. The highest BCUT2D eigenvalue weighted by Crippen LogP contribution is 2.22. The number of hydrogen-bond acceptors (Lipinski definition) is 3. The average molecular weight is 361 g/mol. The van der Waals surface area contributed by atoms with E-state index in [4.69, 9.17) is 0 Å². The third-order valence-electron chi connectivity index (χ3n) is 4.88. The van der Waals surface area contributed by atoms with E-state index in [1.54, 1.807) is 0 Å². The van der Waals surface area contributed by atoms with Gasteiger partial charge in [-0.1, -0.05) is 19.1 Å². The largest absolute Gasteiger partial charge is 0.352 e. The van der Waals surface area contributed by atoms with Crippen LogP contribution in [0.5, 0.6) is 0 Å². The molecular formula is C19H28N4OS. The first-order chi connectivity index (χ1) is 12.2. The van der Waals surface area contributed by atoms with Crippen molar-refractivity contribution in [3.63, 3.8) is 0 Å². The number of amides is 1. The number of benzene rings is 1.